The summed E-state index contributed by atoms with van der Waals surface area (Å²) in [6.45, 7) is 3.58. The molecule has 2 N–H and O–H groups in total. The van der Waals surface area contributed by atoms with E-state index in [1.807, 2.05) is 23.1 Å². The molecule has 1 aliphatic heterocycles. The first-order chi connectivity index (χ1) is 8.72. The molecule has 1 fully saturated rings. The molecule has 1 aromatic carbocycles. The van der Waals surface area contributed by atoms with Crippen molar-refractivity contribution in [2.75, 3.05) is 13.1 Å². The Morgan fingerprint density at radius 1 is 1.42 bits per heavy atom. The van der Waals surface area contributed by atoms with Crippen LogP contribution in [-0.2, 0) is 4.79 Å². The highest BCUT2D eigenvalue weighted by Crippen LogP contribution is 2.23. The van der Waals surface area contributed by atoms with Crippen LogP contribution in [0.5, 0.6) is 0 Å². The number of likely N-dealkylation sites (tertiary alicyclic amines) is 1. The molecule has 1 saturated heterocycles. The maximum Gasteiger partial charge on any atom is 0.223 e. The van der Waals surface area contributed by atoms with Gasteiger partial charge in [-0.3, -0.25) is 4.79 Å². The summed E-state index contributed by atoms with van der Waals surface area (Å²) < 4.78 is 0. The van der Waals surface area contributed by atoms with E-state index in [4.69, 9.17) is 5.73 Å². The van der Waals surface area contributed by atoms with E-state index in [9.17, 15) is 4.79 Å². The highest BCUT2D eigenvalue weighted by atomic mass is 35.5. The predicted molar refractivity (Wildman–Crippen MR) is 80.5 cm³/mol. The van der Waals surface area contributed by atoms with Crippen LogP contribution in [0.2, 0.25) is 0 Å². The third kappa shape index (κ3) is 3.95. The van der Waals surface area contributed by atoms with Crippen molar-refractivity contribution in [3.8, 4) is 0 Å². The second kappa shape index (κ2) is 7.51. The number of benzene rings is 1. The van der Waals surface area contributed by atoms with Crippen LogP contribution in [0.3, 0.4) is 0 Å². The summed E-state index contributed by atoms with van der Waals surface area (Å²) in [5, 5.41) is 0. The smallest absolute Gasteiger partial charge is 0.223 e. The Bertz CT molecular complexity index is 396. The molecule has 106 valence electrons. The molecule has 2 rings (SSSR count). The summed E-state index contributed by atoms with van der Waals surface area (Å²) in [7, 11) is 0. The van der Waals surface area contributed by atoms with Gasteiger partial charge in [0.25, 0.3) is 0 Å². The third-order valence-corrected chi connectivity index (χ3v) is 3.82. The minimum atomic E-state index is 0. The summed E-state index contributed by atoms with van der Waals surface area (Å²) in [6, 6.07) is 10.5. The molecule has 0 aromatic heterocycles. The molecule has 1 aromatic rings. The first-order valence-electron chi connectivity index (χ1n) is 6.77. The first kappa shape index (κ1) is 16.0. The highest BCUT2D eigenvalue weighted by molar-refractivity contribution is 5.85. The Morgan fingerprint density at radius 2 is 2.11 bits per heavy atom. The summed E-state index contributed by atoms with van der Waals surface area (Å²) in [4.78, 5) is 14.2. The molecule has 0 aliphatic carbocycles. The maximum absolute atomic E-state index is 12.3. The van der Waals surface area contributed by atoms with Gasteiger partial charge in [0.05, 0.1) is 0 Å². The van der Waals surface area contributed by atoms with Gasteiger partial charge >= 0.3 is 0 Å². The standard InChI is InChI=1S/C15H22N2O.ClH/c1-12(13-6-3-2-4-7-13)10-15(18)17-9-5-8-14(17)11-16;/h2-4,6-7,12,14H,5,8-11,16H2,1H3;1H. The van der Waals surface area contributed by atoms with Crippen LogP contribution in [0.25, 0.3) is 0 Å². The molecule has 0 saturated carbocycles. The molecule has 0 bridgehead atoms. The zero-order valence-corrected chi connectivity index (χ0v) is 12.2. The van der Waals surface area contributed by atoms with E-state index < -0.39 is 0 Å². The fraction of sp³-hybridized carbons (Fsp3) is 0.533. The van der Waals surface area contributed by atoms with Crippen LogP contribution in [0.15, 0.2) is 30.3 Å². The number of rotatable bonds is 4. The lowest BCUT2D eigenvalue weighted by Gasteiger charge is -2.25. The van der Waals surface area contributed by atoms with Gasteiger partial charge in [0, 0.05) is 25.6 Å². The van der Waals surface area contributed by atoms with Crippen LogP contribution >= 0.6 is 12.4 Å². The van der Waals surface area contributed by atoms with E-state index in [1.165, 1.54) is 5.56 Å². The van der Waals surface area contributed by atoms with E-state index in [2.05, 4.69) is 19.1 Å². The number of halogens is 1. The molecule has 0 spiro atoms. The molecule has 4 heteroatoms. The molecule has 19 heavy (non-hydrogen) atoms. The highest BCUT2D eigenvalue weighted by Gasteiger charge is 2.28. The molecule has 2 atom stereocenters. The largest absolute Gasteiger partial charge is 0.338 e. The minimum Gasteiger partial charge on any atom is -0.338 e. The Balaban J connectivity index is 0.00000180. The van der Waals surface area contributed by atoms with Crippen LogP contribution in [-0.4, -0.2) is 29.9 Å². The first-order valence-corrected chi connectivity index (χ1v) is 6.77. The molecule has 2 unspecified atom stereocenters. The second-order valence-electron chi connectivity index (χ2n) is 5.13. The molecular weight excluding hydrogens is 260 g/mol. The SMILES string of the molecule is CC(CC(=O)N1CCCC1CN)c1ccccc1.Cl. The summed E-state index contributed by atoms with van der Waals surface area (Å²) in [6.07, 6.45) is 2.73. The van der Waals surface area contributed by atoms with Crippen molar-refractivity contribution in [1.29, 1.82) is 0 Å². The van der Waals surface area contributed by atoms with Crippen LogP contribution in [0.1, 0.15) is 37.7 Å². The molecule has 0 radical (unpaired) electrons. The zero-order valence-electron chi connectivity index (χ0n) is 11.4. The molecule has 1 amide bonds. The van der Waals surface area contributed by atoms with Crippen LogP contribution in [0.4, 0.5) is 0 Å². The average molecular weight is 283 g/mol. The van der Waals surface area contributed by atoms with Gasteiger partial charge in [0.2, 0.25) is 5.91 Å². The lowest BCUT2D eigenvalue weighted by Crippen LogP contribution is -2.40. The predicted octanol–water partition coefficient (Wildman–Crippen LogP) is 2.55. The van der Waals surface area contributed by atoms with E-state index in [1.54, 1.807) is 0 Å². The van der Waals surface area contributed by atoms with Gasteiger partial charge in [-0.1, -0.05) is 37.3 Å². The molecule has 3 nitrogen and oxygen atoms in total. The van der Waals surface area contributed by atoms with Crippen molar-refractivity contribution in [3.05, 3.63) is 35.9 Å². The number of hydrogen-bond acceptors (Lipinski definition) is 2. The molecular formula is C15H23ClN2O. The quantitative estimate of drug-likeness (QED) is 0.922. The summed E-state index contributed by atoms with van der Waals surface area (Å²) in [5.74, 6) is 0.525. The van der Waals surface area contributed by atoms with Gasteiger partial charge in [-0.05, 0) is 24.3 Å². The van der Waals surface area contributed by atoms with E-state index in [-0.39, 0.29) is 30.3 Å². The number of nitrogens with zero attached hydrogens (tertiary/aromatic N) is 1. The molecule has 1 aliphatic rings. The fourth-order valence-corrected chi connectivity index (χ4v) is 2.69. The van der Waals surface area contributed by atoms with Crippen molar-refractivity contribution in [2.24, 2.45) is 5.73 Å². The van der Waals surface area contributed by atoms with E-state index >= 15 is 0 Å². The average Bonchev–Trinajstić information content (AvgIpc) is 2.88. The lowest BCUT2D eigenvalue weighted by atomic mass is 9.97. The van der Waals surface area contributed by atoms with Gasteiger partial charge in [-0.15, -0.1) is 12.4 Å². The Kier molecular flexibility index (Phi) is 6.32. The summed E-state index contributed by atoms with van der Waals surface area (Å²) >= 11 is 0. The lowest BCUT2D eigenvalue weighted by molar-refractivity contribution is -0.132. The Morgan fingerprint density at radius 3 is 2.74 bits per heavy atom. The van der Waals surface area contributed by atoms with Crippen molar-refractivity contribution in [1.82, 2.24) is 4.90 Å². The normalized spacial score (nSPS) is 19.9. The van der Waals surface area contributed by atoms with Crippen molar-refractivity contribution in [2.45, 2.75) is 38.1 Å². The van der Waals surface area contributed by atoms with E-state index in [0.717, 1.165) is 19.4 Å². The number of nitrogens with two attached hydrogens (primary N) is 1. The Hall–Kier alpha value is -1.06. The van der Waals surface area contributed by atoms with E-state index in [0.29, 0.717) is 13.0 Å². The van der Waals surface area contributed by atoms with Crippen molar-refractivity contribution >= 4 is 18.3 Å². The van der Waals surface area contributed by atoms with Gasteiger partial charge in [-0.25, -0.2) is 0 Å². The molecule has 1 heterocycles. The van der Waals surface area contributed by atoms with Gasteiger partial charge < -0.3 is 10.6 Å². The number of hydrogen-bond donors (Lipinski definition) is 1. The monoisotopic (exact) mass is 282 g/mol. The van der Waals surface area contributed by atoms with Crippen molar-refractivity contribution < 1.29 is 4.79 Å². The van der Waals surface area contributed by atoms with Gasteiger partial charge in [0.1, 0.15) is 0 Å². The van der Waals surface area contributed by atoms with Gasteiger partial charge in [0.15, 0.2) is 0 Å². The summed E-state index contributed by atoms with van der Waals surface area (Å²) in [5.41, 5.74) is 6.94. The zero-order chi connectivity index (χ0) is 13.0. The number of carbonyl (C=O) groups is 1. The maximum atomic E-state index is 12.3. The van der Waals surface area contributed by atoms with Crippen LogP contribution < -0.4 is 5.73 Å². The Labute approximate surface area is 121 Å². The fourth-order valence-electron chi connectivity index (χ4n) is 2.69. The van der Waals surface area contributed by atoms with Gasteiger partial charge in [-0.2, -0.15) is 0 Å². The van der Waals surface area contributed by atoms with Crippen molar-refractivity contribution in [3.63, 3.8) is 0 Å². The third-order valence-electron chi connectivity index (χ3n) is 3.82. The number of amides is 1. The topological polar surface area (TPSA) is 46.3 Å². The van der Waals surface area contributed by atoms with Crippen LogP contribution in [0, 0.1) is 0 Å². The second-order valence-corrected chi connectivity index (χ2v) is 5.13. The minimum absolute atomic E-state index is 0. The number of carbonyl (C=O) groups excluding carboxylic acids is 1.